The highest BCUT2D eigenvalue weighted by atomic mass is 33.1. The van der Waals surface area contributed by atoms with Crippen LogP contribution in [-0.4, -0.2) is 71.2 Å². The van der Waals surface area contributed by atoms with Gasteiger partial charge in [-0.3, -0.25) is 14.4 Å². The van der Waals surface area contributed by atoms with Gasteiger partial charge in [0.05, 0.1) is 28.5 Å². The molecular formula is C58H107NO7S4. The monoisotopic (exact) mass is 1060 g/mol. The van der Waals surface area contributed by atoms with Gasteiger partial charge in [-0.15, -0.1) is 0 Å². The van der Waals surface area contributed by atoms with E-state index < -0.39 is 48.9 Å². The summed E-state index contributed by atoms with van der Waals surface area (Å²) in [5.74, 6) is 1.59. The Bertz CT molecular complexity index is 1750. The molecule has 0 aromatic carbocycles. The van der Waals surface area contributed by atoms with Crippen molar-refractivity contribution in [1.29, 1.82) is 0 Å². The number of carbonyl (C=O) groups is 3. The molecule has 1 aromatic rings. The van der Waals surface area contributed by atoms with Gasteiger partial charge in [0.15, 0.2) is 0 Å². The molecule has 0 saturated carbocycles. The number of hydrogen-bond donors (Lipinski definition) is 0. The first kappa shape index (κ1) is 68.9. The second kappa shape index (κ2) is 26.6. The zero-order valence-corrected chi connectivity index (χ0v) is 53.3. The molecule has 1 heterocycles. The largest absolute Gasteiger partial charge is 0.464 e. The third-order valence-corrected chi connectivity index (χ3v) is 20.4. The number of esters is 3. The Hall–Kier alpha value is -1.08. The summed E-state index contributed by atoms with van der Waals surface area (Å²) in [5, 5.41) is 0.896. The third kappa shape index (κ3) is 20.2. The molecule has 0 spiro atoms. The minimum absolute atomic E-state index is 0.216. The van der Waals surface area contributed by atoms with Crippen LogP contribution in [0.5, 0.6) is 0 Å². The average molecular weight is 1060 g/mol. The molecule has 0 amide bonds. The number of carbonyl (C=O) groups excluding carboxylic acids is 3. The summed E-state index contributed by atoms with van der Waals surface area (Å²) in [6.07, 6.45) is 4.87. The van der Waals surface area contributed by atoms with Crippen molar-refractivity contribution in [2.45, 2.75) is 235 Å². The van der Waals surface area contributed by atoms with E-state index >= 15 is 9.59 Å². The van der Waals surface area contributed by atoms with E-state index in [2.05, 4.69) is 137 Å². The SMILES string of the molecule is CC.CC(C)(C)CCSSCCOC(=O)C(C)(CC(C)(C)C(C)(C)C(C)(CC(C)(C)C(C)(C)C(C)(CC(C)(C)C)C(=O)OC(C)(C)CCOC(C)(C)C)C(=O)OCCSSc1ccccn1)C(C)(C)C. The van der Waals surface area contributed by atoms with Crippen molar-refractivity contribution in [3.63, 3.8) is 0 Å². The summed E-state index contributed by atoms with van der Waals surface area (Å²) in [4.78, 5) is 49.3. The Balaban J connectivity index is 0.0000235. The highest BCUT2D eigenvalue weighted by molar-refractivity contribution is 8.77. The van der Waals surface area contributed by atoms with Crippen LogP contribution >= 0.6 is 43.2 Å². The van der Waals surface area contributed by atoms with Crippen molar-refractivity contribution in [3.8, 4) is 0 Å². The molecule has 3 unspecified atom stereocenters. The van der Waals surface area contributed by atoms with Gasteiger partial charge in [-0.1, -0.05) is 170 Å². The summed E-state index contributed by atoms with van der Waals surface area (Å²) in [6, 6.07) is 5.82. The molecule has 0 aliphatic carbocycles. The van der Waals surface area contributed by atoms with E-state index in [1.54, 1.807) is 38.6 Å². The first-order valence-electron chi connectivity index (χ1n) is 26.0. The number of rotatable bonds is 27. The molecule has 1 rings (SSSR count). The van der Waals surface area contributed by atoms with E-state index in [1.807, 2.05) is 84.4 Å². The minimum atomic E-state index is -1.10. The fourth-order valence-corrected chi connectivity index (χ4v) is 13.1. The predicted octanol–water partition coefficient (Wildman–Crippen LogP) is 17.7. The molecule has 410 valence electrons. The predicted molar refractivity (Wildman–Crippen MR) is 308 cm³/mol. The maximum absolute atomic E-state index is 15.3. The van der Waals surface area contributed by atoms with Crippen LogP contribution in [0.2, 0.25) is 0 Å². The number of nitrogens with zero attached hydrogens (tertiary/aromatic N) is 1. The summed E-state index contributed by atoms with van der Waals surface area (Å²) in [6.45, 7) is 58.3. The van der Waals surface area contributed by atoms with Gasteiger partial charge in [-0.2, -0.15) is 0 Å². The summed E-state index contributed by atoms with van der Waals surface area (Å²) < 4.78 is 25.2. The van der Waals surface area contributed by atoms with Gasteiger partial charge in [-0.05, 0) is 142 Å². The van der Waals surface area contributed by atoms with Crippen molar-refractivity contribution in [2.75, 3.05) is 37.1 Å². The van der Waals surface area contributed by atoms with Crippen LogP contribution < -0.4 is 0 Å². The molecule has 8 nitrogen and oxygen atoms in total. The van der Waals surface area contributed by atoms with Crippen molar-refractivity contribution in [2.24, 2.45) is 54.1 Å². The van der Waals surface area contributed by atoms with E-state index in [4.69, 9.17) is 18.9 Å². The standard InChI is InChI=1S/C56H101NO7S4.C2H6/c1-45(2,3)30-35-65-66-36-33-61-42(58)54(23,47(7,8)9)39-49(13,14)53(21,22)56(25,43(59)62-34-37-67-68-41-28-26-27-31-57-41)40-50(15,16)52(19,20)55(24,38-46(4,5)6)44(60)64-51(17,18)29-32-63-48(10,11)12;1-2/h26-28,31H,29-30,32-40H2,1-25H3;1-2H3. The van der Waals surface area contributed by atoms with E-state index in [-0.39, 0.29) is 40.9 Å². The molecule has 0 radical (unpaired) electrons. The van der Waals surface area contributed by atoms with Gasteiger partial charge in [0.2, 0.25) is 0 Å². The Labute approximate surface area is 447 Å². The topological polar surface area (TPSA) is 101 Å². The van der Waals surface area contributed by atoms with Crippen LogP contribution in [0.3, 0.4) is 0 Å². The first-order valence-corrected chi connectivity index (χ1v) is 30.8. The van der Waals surface area contributed by atoms with Crippen LogP contribution in [0, 0.1) is 54.1 Å². The minimum Gasteiger partial charge on any atom is -0.464 e. The molecule has 0 N–H and O–H groups in total. The number of hydrogen-bond acceptors (Lipinski definition) is 12. The highest BCUT2D eigenvalue weighted by Crippen LogP contribution is 2.66. The number of aromatic nitrogens is 1. The Morgan fingerprint density at radius 1 is 0.500 bits per heavy atom. The van der Waals surface area contributed by atoms with Crippen LogP contribution in [0.1, 0.15) is 219 Å². The van der Waals surface area contributed by atoms with Crippen LogP contribution in [0.25, 0.3) is 0 Å². The second-order valence-corrected chi connectivity index (χ2v) is 32.7. The number of ether oxygens (including phenoxy) is 4. The van der Waals surface area contributed by atoms with Gasteiger partial charge in [0.1, 0.15) is 23.8 Å². The van der Waals surface area contributed by atoms with E-state index in [1.165, 1.54) is 0 Å². The molecule has 0 fully saturated rings. The van der Waals surface area contributed by atoms with Gasteiger partial charge >= 0.3 is 17.9 Å². The fraction of sp³-hybridized carbons (Fsp3) is 0.862. The Kier molecular flexibility index (Phi) is 26.2. The summed E-state index contributed by atoms with van der Waals surface area (Å²) in [7, 11) is 6.75. The molecule has 3 atom stereocenters. The zero-order valence-electron chi connectivity index (χ0n) is 50.0. The van der Waals surface area contributed by atoms with Crippen molar-refractivity contribution in [3.05, 3.63) is 24.4 Å². The van der Waals surface area contributed by atoms with Gasteiger partial charge in [0.25, 0.3) is 0 Å². The van der Waals surface area contributed by atoms with E-state index in [0.717, 1.165) is 17.2 Å². The maximum Gasteiger partial charge on any atom is 0.312 e. The molecule has 0 bridgehead atoms. The van der Waals surface area contributed by atoms with Crippen molar-refractivity contribution >= 4 is 61.1 Å². The Morgan fingerprint density at radius 2 is 0.943 bits per heavy atom. The van der Waals surface area contributed by atoms with E-state index in [9.17, 15) is 4.79 Å². The molecular weight excluding hydrogens is 951 g/mol. The summed E-state index contributed by atoms with van der Waals surface area (Å²) in [5.41, 5.74) is -7.20. The lowest BCUT2D eigenvalue weighted by Crippen LogP contribution is -2.59. The second-order valence-electron chi connectivity index (χ2n) is 27.5. The van der Waals surface area contributed by atoms with Gasteiger partial charge in [-0.25, -0.2) is 4.98 Å². The molecule has 1 aromatic heterocycles. The molecule has 12 heteroatoms. The lowest BCUT2D eigenvalue weighted by atomic mass is 9.43. The van der Waals surface area contributed by atoms with Crippen LogP contribution in [0.15, 0.2) is 29.4 Å². The number of pyridine rings is 1. The van der Waals surface area contributed by atoms with Gasteiger partial charge < -0.3 is 18.9 Å². The Morgan fingerprint density at radius 3 is 1.37 bits per heavy atom. The average Bonchev–Trinajstić information content (AvgIpc) is 3.18. The quantitative estimate of drug-likeness (QED) is 0.0363. The third-order valence-electron chi connectivity index (χ3n) is 15.8. The molecule has 0 aliphatic rings. The fourth-order valence-electron chi connectivity index (χ4n) is 9.14. The zero-order chi connectivity index (χ0) is 55.3. The first-order chi connectivity index (χ1) is 31.3. The van der Waals surface area contributed by atoms with Crippen molar-refractivity contribution < 1.29 is 33.3 Å². The smallest absolute Gasteiger partial charge is 0.312 e. The van der Waals surface area contributed by atoms with Crippen molar-refractivity contribution in [1.82, 2.24) is 4.98 Å². The molecule has 0 saturated heterocycles. The normalized spacial score (nSPS) is 16.2. The highest BCUT2D eigenvalue weighted by Gasteiger charge is 2.64. The van der Waals surface area contributed by atoms with Gasteiger partial charge in [0, 0.05) is 29.9 Å². The summed E-state index contributed by atoms with van der Waals surface area (Å²) >= 11 is 0. The van der Waals surface area contributed by atoms with Crippen LogP contribution in [-0.2, 0) is 33.3 Å². The maximum atomic E-state index is 15.3. The van der Waals surface area contributed by atoms with Crippen LogP contribution in [0.4, 0.5) is 0 Å². The molecule has 0 aliphatic heterocycles. The molecule has 70 heavy (non-hydrogen) atoms. The van der Waals surface area contributed by atoms with E-state index in [0.29, 0.717) is 50.4 Å². The lowest BCUT2D eigenvalue weighted by Gasteiger charge is -2.60. The lowest BCUT2D eigenvalue weighted by molar-refractivity contribution is -0.197.